The van der Waals surface area contributed by atoms with E-state index in [9.17, 15) is 19.5 Å². The lowest BCUT2D eigenvalue weighted by Gasteiger charge is -2.25. The number of rotatable bonds is 7. The Hall–Kier alpha value is -3.65. The van der Waals surface area contributed by atoms with Gasteiger partial charge in [-0.3, -0.25) is 9.59 Å². The first kappa shape index (κ1) is 22.0. The van der Waals surface area contributed by atoms with Crippen LogP contribution in [0.25, 0.3) is 5.76 Å². The van der Waals surface area contributed by atoms with Crippen molar-refractivity contribution in [1.29, 1.82) is 0 Å². The molecule has 0 radical (unpaired) electrons. The average Bonchev–Trinajstić information content (AvgIpc) is 3.06. The molecule has 1 fully saturated rings. The van der Waals surface area contributed by atoms with Crippen LogP contribution in [0.5, 0.6) is 5.75 Å². The molecule has 1 saturated heterocycles. The Labute approximate surface area is 179 Å². The summed E-state index contributed by atoms with van der Waals surface area (Å²) in [6.07, 6.45) is 0. The number of esters is 1. The molecule has 1 aliphatic heterocycles. The highest BCUT2D eigenvalue weighted by Crippen LogP contribution is 2.39. The van der Waals surface area contributed by atoms with E-state index in [4.69, 9.17) is 14.2 Å². The smallest absolute Gasteiger partial charge is 0.337 e. The molecule has 1 unspecified atom stereocenters. The van der Waals surface area contributed by atoms with E-state index in [0.29, 0.717) is 22.4 Å². The maximum atomic E-state index is 12.9. The number of hydrogen-bond donors (Lipinski definition) is 1. The summed E-state index contributed by atoms with van der Waals surface area (Å²) in [5, 5.41) is 11.0. The third-order valence-corrected chi connectivity index (χ3v) is 5.09. The Morgan fingerprint density at radius 3 is 2.13 bits per heavy atom. The molecule has 8 heteroatoms. The summed E-state index contributed by atoms with van der Waals surface area (Å²) in [5.74, 6) is -1.71. The second kappa shape index (κ2) is 9.44. The van der Waals surface area contributed by atoms with Gasteiger partial charge in [-0.2, -0.15) is 0 Å². The molecule has 0 saturated carbocycles. The van der Waals surface area contributed by atoms with E-state index in [0.717, 1.165) is 0 Å². The van der Waals surface area contributed by atoms with E-state index < -0.39 is 23.7 Å². The van der Waals surface area contributed by atoms with Gasteiger partial charge in [-0.05, 0) is 42.0 Å². The van der Waals surface area contributed by atoms with E-state index in [2.05, 4.69) is 0 Å². The lowest BCUT2D eigenvalue weighted by Crippen LogP contribution is -2.32. The van der Waals surface area contributed by atoms with Crippen LogP contribution in [0.2, 0.25) is 0 Å². The first-order valence-electron chi connectivity index (χ1n) is 9.53. The van der Waals surface area contributed by atoms with Crippen molar-refractivity contribution in [2.45, 2.75) is 6.04 Å². The molecule has 162 valence electrons. The average molecular weight is 425 g/mol. The number of aliphatic hydroxyl groups excluding tert-OH is 1. The number of aliphatic hydroxyl groups is 1. The van der Waals surface area contributed by atoms with E-state index in [1.807, 2.05) is 0 Å². The first-order chi connectivity index (χ1) is 14.9. The van der Waals surface area contributed by atoms with Crippen LogP contribution >= 0.6 is 0 Å². The number of amides is 1. The number of likely N-dealkylation sites (tertiary alicyclic amines) is 1. The van der Waals surface area contributed by atoms with Crippen LogP contribution in [0.4, 0.5) is 0 Å². The van der Waals surface area contributed by atoms with E-state index in [-0.39, 0.29) is 24.5 Å². The molecule has 1 heterocycles. The Morgan fingerprint density at radius 2 is 1.58 bits per heavy atom. The van der Waals surface area contributed by atoms with Gasteiger partial charge in [0.15, 0.2) is 0 Å². The molecule has 2 aromatic carbocycles. The van der Waals surface area contributed by atoms with Gasteiger partial charge in [-0.1, -0.05) is 12.1 Å². The summed E-state index contributed by atoms with van der Waals surface area (Å²) in [4.78, 5) is 38.7. The molecule has 3 rings (SSSR count). The zero-order valence-electron chi connectivity index (χ0n) is 17.5. The number of ether oxygens (including phenoxy) is 3. The topological polar surface area (TPSA) is 102 Å². The summed E-state index contributed by atoms with van der Waals surface area (Å²) >= 11 is 0. The summed E-state index contributed by atoms with van der Waals surface area (Å²) in [5.41, 5.74) is 1.24. The highest BCUT2D eigenvalue weighted by Gasteiger charge is 2.45. The number of Topliss-reactive ketones (excluding diaryl/α,β-unsaturated/α-hetero) is 1. The molecule has 0 bridgehead atoms. The minimum Gasteiger partial charge on any atom is -0.507 e. The summed E-state index contributed by atoms with van der Waals surface area (Å²) < 4.78 is 14.9. The van der Waals surface area contributed by atoms with Crippen molar-refractivity contribution in [3.8, 4) is 5.75 Å². The Bertz CT molecular complexity index is 1010. The fraction of sp³-hybridized carbons (Fsp3) is 0.261. The molecule has 2 aromatic rings. The van der Waals surface area contributed by atoms with Crippen molar-refractivity contribution >= 4 is 23.4 Å². The van der Waals surface area contributed by atoms with Crippen LogP contribution in [-0.4, -0.2) is 62.1 Å². The minimum atomic E-state index is -0.830. The van der Waals surface area contributed by atoms with Crippen LogP contribution in [0.1, 0.15) is 27.5 Å². The van der Waals surface area contributed by atoms with Gasteiger partial charge in [0.2, 0.25) is 0 Å². The predicted octanol–water partition coefficient (Wildman–Crippen LogP) is 2.55. The molecular formula is C23H23NO7. The van der Waals surface area contributed by atoms with Crippen LogP contribution in [-0.2, 0) is 19.1 Å². The molecule has 8 nitrogen and oxygen atoms in total. The van der Waals surface area contributed by atoms with E-state index >= 15 is 0 Å². The van der Waals surface area contributed by atoms with Crippen molar-refractivity contribution in [1.82, 2.24) is 4.90 Å². The van der Waals surface area contributed by atoms with E-state index in [1.54, 1.807) is 48.5 Å². The monoisotopic (exact) mass is 425 g/mol. The highest BCUT2D eigenvalue weighted by atomic mass is 16.5. The zero-order chi connectivity index (χ0) is 22.5. The van der Waals surface area contributed by atoms with Crippen LogP contribution in [0.3, 0.4) is 0 Å². The highest BCUT2D eigenvalue weighted by molar-refractivity contribution is 6.46. The largest absolute Gasteiger partial charge is 0.507 e. The molecule has 31 heavy (non-hydrogen) atoms. The maximum absolute atomic E-state index is 12.9. The fourth-order valence-electron chi connectivity index (χ4n) is 3.47. The maximum Gasteiger partial charge on any atom is 0.337 e. The molecule has 0 aliphatic carbocycles. The summed E-state index contributed by atoms with van der Waals surface area (Å²) in [6, 6.07) is 12.0. The van der Waals surface area contributed by atoms with Gasteiger partial charge in [-0.15, -0.1) is 0 Å². The number of benzene rings is 2. The fourth-order valence-corrected chi connectivity index (χ4v) is 3.47. The van der Waals surface area contributed by atoms with Crippen molar-refractivity contribution in [2.24, 2.45) is 0 Å². The van der Waals surface area contributed by atoms with Crippen LogP contribution < -0.4 is 4.74 Å². The second-order valence-corrected chi connectivity index (χ2v) is 6.83. The molecule has 1 atom stereocenters. The summed E-state index contributed by atoms with van der Waals surface area (Å²) in [7, 11) is 4.30. The molecule has 1 N–H and O–H groups in total. The van der Waals surface area contributed by atoms with Crippen LogP contribution in [0.15, 0.2) is 54.1 Å². The molecule has 1 amide bonds. The Morgan fingerprint density at radius 1 is 0.968 bits per heavy atom. The van der Waals surface area contributed by atoms with Crippen molar-refractivity contribution in [3.05, 3.63) is 70.8 Å². The number of carbonyl (C=O) groups is 3. The summed E-state index contributed by atoms with van der Waals surface area (Å²) in [6.45, 7) is 0.371. The quantitative estimate of drug-likeness (QED) is 0.315. The van der Waals surface area contributed by atoms with Crippen molar-refractivity contribution in [3.63, 3.8) is 0 Å². The zero-order valence-corrected chi connectivity index (χ0v) is 17.5. The number of carbonyl (C=O) groups excluding carboxylic acids is 3. The third-order valence-electron chi connectivity index (χ3n) is 5.09. The van der Waals surface area contributed by atoms with Crippen molar-refractivity contribution < 1.29 is 33.7 Å². The first-order valence-corrected chi connectivity index (χ1v) is 9.53. The predicted molar refractivity (Wildman–Crippen MR) is 112 cm³/mol. The van der Waals surface area contributed by atoms with Gasteiger partial charge in [-0.25, -0.2) is 4.79 Å². The number of nitrogens with zero attached hydrogens (tertiary/aromatic N) is 1. The Kier molecular flexibility index (Phi) is 6.71. The van der Waals surface area contributed by atoms with Gasteiger partial charge < -0.3 is 24.2 Å². The number of hydrogen-bond acceptors (Lipinski definition) is 7. The second-order valence-electron chi connectivity index (χ2n) is 6.83. The van der Waals surface area contributed by atoms with Gasteiger partial charge >= 0.3 is 5.97 Å². The molecular weight excluding hydrogens is 402 g/mol. The molecule has 0 aromatic heterocycles. The normalized spacial score (nSPS) is 17.6. The number of methoxy groups -OCH3 is 3. The minimum absolute atomic E-state index is 0.0305. The Balaban J connectivity index is 2.11. The SMILES string of the molecule is COCCN1C(=O)C(=O)/C(=C(\O)c2ccc(OC)cc2)C1c1ccc(C(=O)OC)cc1. The lowest BCUT2D eigenvalue weighted by atomic mass is 9.94. The van der Waals surface area contributed by atoms with Gasteiger partial charge in [0.1, 0.15) is 11.5 Å². The molecule has 1 aliphatic rings. The molecule has 0 spiro atoms. The van der Waals surface area contributed by atoms with Gasteiger partial charge in [0, 0.05) is 19.2 Å². The lowest BCUT2D eigenvalue weighted by molar-refractivity contribution is -0.140. The number of ketones is 1. The van der Waals surface area contributed by atoms with Crippen molar-refractivity contribution in [2.75, 3.05) is 34.5 Å². The van der Waals surface area contributed by atoms with E-state index in [1.165, 1.54) is 26.2 Å². The standard InChI is InChI=1S/C23H23NO7/c1-29-13-12-24-19(14-4-6-16(7-5-14)23(28)31-3)18(21(26)22(24)27)20(25)15-8-10-17(30-2)11-9-15/h4-11,19,25H,12-13H2,1-3H3/b20-18-. The van der Waals surface area contributed by atoms with Gasteiger partial charge in [0.25, 0.3) is 11.7 Å². The van der Waals surface area contributed by atoms with Crippen LogP contribution in [0, 0.1) is 0 Å². The van der Waals surface area contributed by atoms with Gasteiger partial charge in [0.05, 0.1) is 38.0 Å². The third kappa shape index (κ3) is 4.29.